The van der Waals surface area contributed by atoms with Gasteiger partial charge in [-0.3, -0.25) is 9.36 Å². The van der Waals surface area contributed by atoms with Crippen LogP contribution in [0.5, 0.6) is 0 Å². The van der Waals surface area contributed by atoms with E-state index < -0.39 is 20.0 Å². The van der Waals surface area contributed by atoms with Gasteiger partial charge in [-0.25, -0.2) is 0 Å². The number of aliphatic hydroxyl groups excluding tert-OH is 1. The van der Waals surface area contributed by atoms with Gasteiger partial charge in [-0.2, -0.15) is 0 Å². The molecule has 0 aliphatic carbocycles. The number of nitrogens with one attached hydrogen (secondary N) is 1. The third-order valence-corrected chi connectivity index (χ3v) is 8.01. The van der Waals surface area contributed by atoms with E-state index in [4.69, 9.17) is 9.05 Å². The summed E-state index contributed by atoms with van der Waals surface area (Å²) >= 11 is 0. The Hall–Kier alpha value is -1.80. The summed E-state index contributed by atoms with van der Waals surface area (Å²) < 4.78 is 23.0. The number of carbonyl (C=O) groups is 1. The summed E-state index contributed by atoms with van der Waals surface area (Å²) in [5, 5.41) is 13.6. The van der Waals surface area contributed by atoms with Gasteiger partial charge in [0.15, 0.2) is 0 Å². The van der Waals surface area contributed by atoms with Gasteiger partial charge < -0.3 is 28.8 Å². The number of aliphatic hydroxyl groups is 1. The average molecular weight is 653 g/mol. The number of unbranched alkanes of at least 4 members (excludes halogenated alkanes) is 7. The Kier molecular flexibility index (Phi) is 27.3. The second-order valence-electron chi connectivity index (χ2n) is 12.5. The summed E-state index contributed by atoms with van der Waals surface area (Å²) in [5.74, 6) is -0.299. The van der Waals surface area contributed by atoms with Crippen LogP contribution < -0.4 is 10.2 Å². The lowest BCUT2D eigenvalue weighted by atomic mass is 10.0. The van der Waals surface area contributed by atoms with Crippen molar-refractivity contribution in [2.24, 2.45) is 0 Å². The quantitative estimate of drug-likeness (QED) is 0.0371. The smallest absolute Gasteiger partial charge is 0.268 e. The van der Waals surface area contributed by atoms with Crippen molar-refractivity contribution in [2.75, 3.05) is 40.9 Å². The van der Waals surface area contributed by atoms with E-state index in [1.165, 1.54) is 32.1 Å². The van der Waals surface area contributed by atoms with Crippen LogP contribution in [0.4, 0.5) is 0 Å². The molecule has 3 atom stereocenters. The Bertz CT molecular complexity index is 923. The predicted molar refractivity (Wildman–Crippen MR) is 187 cm³/mol. The molecule has 2 N–H and O–H groups in total. The number of nitrogens with zero attached hydrogens (tertiary/aromatic N) is 1. The minimum Gasteiger partial charge on any atom is -0.756 e. The number of allylic oxidation sites excluding steroid dienone is 9. The molecule has 9 heteroatoms. The molecule has 0 heterocycles. The van der Waals surface area contributed by atoms with Crippen molar-refractivity contribution in [3.63, 3.8) is 0 Å². The van der Waals surface area contributed by atoms with Gasteiger partial charge in [0.05, 0.1) is 39.9 Å². The highest BCUT2D eigenvalue weighted by molar-refractivity contribution is 7.45. The predicted octanol–water partition coefficient (Wildman–Crippen LogP) is 7.71. The van der Waals surface area contributed by atoms with E-state index in [-0.39, 0.29) is 25.5 Å². The molecule has 0 bridgehead atoms. The molecular formula is C36H65N2O6P. The molecule has 0 saturated carbocycles. The van der Waals surface area contributed by atoms with Crippen molar-refractivity contribution in [1.29, 1.82) is 0 Å². The van der Waals surface area contributed by atoms with E-state index in [0.717, 1.165) is 44.9 Å². The van der Waals surface area contributed by atoms with Gasteiger partial charge in [-0.1, -0.05) is 126 Å². The second kappa shape index (κ2) is 28.4. The molecule has 260 valence electrons. The topological polar surface area (TPSA) is 108 Å². The van der Waals surface area contributed by atoms with Crippen LogP contribution >= 0.6 is 7.82 Å². The van der Waals surface area contributed by atoms with Crippen LogP contribution in [0, 0.1) is 0 Å². The Morgan fingerprint density at radius 1 is 0.778 bits per heavy atom. The van der Waals surface area contributed by atoms with Crippen LogP contribution in [-0.2, 0) is 18.4 Å². The molecule has 8 nitrogen and oxygen atoms in total. The standard InChI is InChI=1S/C36H65N2O6P/c1-6-8-10-12-14-16-17-18-19-20-21-22-24-26-28-30-36(40)37-34(33-44-45(41,42)43-32-31-38(3,4)5)35(39)29-27-25-23-15-13-11-9-7-2/h8,10,14,16,18-19,21-22,26,28,34-35,39H,6-7,9,11-13,15,17,20,23-25,27,29-33H2,1-5H3,(H-,37,40,41,42)/b10-8-,16-14-,19-18-,22-21-,28-26-. The summed E-state index contributed by atoms with van der Waals surface area (Å²) in [7, 11) is 1.23. The summed E-state index contributed by atoms with van der Waals surface area (Å²) in [6, 6.07) is -0.853. The van der Waals surface area contributed by atoms with E-state index in [2.05, 4.69) is 67.8 Å². The van der Waals surface area contributed by atoms with Crippen molar-refractivity contribution in [1.82, 2.24) is 5.32 Å². The van der Waals surface area contributed by atoms with Gasteiger partial charge in [-0.05, 0) is 38.5 Å². The fourth-order valence-electron chi connectivity index (χ4n) is 4.28. The Labute approximate surface area is 275 Å². The second-order valence-corrected chi connectivity index (χ2v) is 13.9. The monoisotopic (exact) mass is 652 g/mol. The molecule has 0 spiro atoms. The number of carbonyl (C=O) groups excluding carboxylic acids is 1. The molecule has 0 aromatic carbocycles. The van der Waals surface area contributed by atoms with Gasteiger partial charge >= 0.3 is 0 Å². The first kappa shape index (κ1) is 43.2. The van der Waals surface area contributed by atoms with E-state index >= 15 is 0 Å². The van der Waals surface area contributed by atoms with Gasteiger partial charge in [0, 0.05) is 6.42 Å². The van der Waals surface area contributed by atoms with Crippen molar-refractivity contribution >= 4 is 13.7 Å². The van der Waals surface area contributed by atoms with Gasteiger partial charge in [0.2, 0.25) is 5.91 Å². The maximum atomic E-state index is 12.7. The molecule has 0 radical (unpaired) electrons. The minimum atomic E-state index is -4.57. The first-order valence-electron chi connectivity index (χ1n) is 17.1. The van der Waals surface area contributed by atoms with Crippen LogP contribution in [0.15, 0.2) is 60.8 Å². The first-order chi connectivity index (χ1) is 21.5. The zero-order valence-electron chi connectivity index (χ0n) is 29.0. The van der Waals surface area contributed by atoms with Crippen LogP contribution in [-0.4, -0.2) is 68.5 Å². The SMILES string of the molecule is CC/C=C\C/C=C\C/C=C\C/C=C\C/C=C\CC(=O)NC(COP(=O)([O-])OCC[N+](C)(C)C)C(O)CCCCCCCCCC. The molecule has 1 amide bonds. The maximum absolute atomic E-state index is 12.7. The first-order valence-corrected chi connectivity index (χ1v) is 18.6. The third-order valence-electron chi connectivity index (χ3n) is 7.05. The molecule has 45 heavy (non-hydrogen) atoms. The van der Waals surface area contributed by atoms with E-state index in [1.54, 1.807) is 6.08 Å². The van der Waals surface area contributed by atoms with E-state index in [1.807, 2.05) is 27.2 Å². The highest BCUT2D eigenvalue weighted by Crippen LogP contribution is 2.38. The number of hydrogen-bond donors (Lipinski definition) is 2. The number of rotatable bonds is 29. The van der Waals surface area contributed by atoms with E-state index in [9.17, 15) is 19.4 Å². The van der Waals surface area contributed by atoms with Gasteiger partial charge in [-0.15, -0.1) is 0 Å². The fourth-order valence-corrected chi connectivity index (χ4v) is 5.00. The number of amides is 1. The van der Waals surface area contributed by atoms with Crippen molar-refractivity contribution in [3.8, 4) is 0 Å². The van der Waals surface area contributed by atoms with Gasteiger partial charge in [0.1, 0.15) is 13.2 Å². The molecule has 0 aromatic rings. The average Bonchev–Trinajstić information content (AvgIpc) is 2.97. The lowest BCUT2D eigenvalue weighted by molar-refractivity contribution is -0.870. The zero-order chi connectivity index (χ0) is 33.7. The Morgan fingerprint density at radius 2 is 1.27 bits per heavy atom. The molecule has 0 saturated heterocycles. The molecule has 0 fully saturated rings. The molecule has 0 rings (SSSR count). The highest BCUT2D eigenvalue weighted by Gasteiger charge is 2.24. The molecule has 3 unspecified atom stereocenters. The van der Waals surface area contributed by atoms with Crippen LogP contribution in [0.1, 0.15) is 110 Å². The summed E-state index contributed by atoms with van der Waals surface area (Å²) in [4.78, 5) is 25.0. The van der Waals surface area contributed by atoms with Crippen molar-refractivity contribution in [3.05, 3.63) is 60.8 Å². The molecule has 0 aliphatic rings. The normalized spacial score (nSPS) is 15.6. The van der Waals surface area contributed by atoms with Crippen molar-refractivity contribution in [2.45, 2.75) is 122 Å². The number of phosphoric ester groups is 1. The van der Waals surface area contributed by atoms with Crippen molar-refractivity contribution < 1.29 is 32.9 Å². The zero-order valence-corrected chi connectivity index (χ0v) is 29.9. The lowest BCUT2D eigenvalue weighted by Crippen LogP contribution is -2.46. The lowest BCUT2D eigenvalue weighted by Gasteiger charge is -2.30. The minimum absolute atomic E-state index is 0.00775. The Balaban J connectivity index is 4.68. The number of phosphoric acid groups is 1. The number of likely N-dealkylation sites (N-methyl/N-ethyl adjacent to an activating group) is 1. The summed E-state index contributed by atoms with van der Waals surface area (Å²) in [6.45, 7) is 4.44. The number of quaternary nitrogens is 1. The Morgan fingerprint density at radius 3 is 1.78 bits per heavy atom. The fraction of sp³-hybridized carbons (Fsp3) is 0.694. The number of hydrogen-bond acceptors (Lipinski definition) is 6. The maximum Gasteiger partial charge on any atom is 0.268 e. The van der Waals surface area contributed by atoms with E-state index in [0.29, 0.717) is 23.9 Å². The largest absolute Gasteiger partial charge is 0.756 e. The third kappa shape index (κ3) is 30.6. The highest BCUT2D eigenvalue weighted by atomic mass is 31.2. The summed E-state index contributed by atoms with van der Waals surface area (Å²) in [6.07, 6.45) is 34.1. The van der Waals surface area contributed by atoms with Crippen LogP contribution in [0.2, 0.25) is 0 Å². The molecule has 0 aliphatic heterocycles. The summed E-state index contributed by atoms with van der Waals surface area (Å²) in [5.41, 5.74) is 0. The molecule has 0 aromatic heterocycles. The van der Waals surface area contributed by atoms with Crippen LogP contribution in [0.25, 0.3) is 0 Å². The van der Waals surface area contributed by atoms with Crippen LogP contribution in [0.3, 0.4) is 0 Å². The molecular weight excluding hydrogens is 587 g/mol. The van der Waals surface area contributed by atoms with Gasteiger partial charge in [0.25, 0.3) is 7.82 Å².